The van der Waals surface area contributed by atoms with Gasteiger partial charge in [-0.15, -0.1) is 0 Å². The van der Waals surface area contributed by atoms with E-state index in [4.69, 9.17) is 4.74 Å². The number of halogens is 2. The molecule has 0 unspecified atom stereocenters. The highest BCUT2D eigenvalue weighted by molar-refractivity contribution is 9.10. The number of carbonyl (C=O) groups excluding carboxylic acids is 1. The van der Waals surface area contributed by atoms with Gasteiger partial charge in [0.05, 0.1) is 11.1 Å². The summed E-state index contributed by atoms with van der Waals surface area (Å²) >= 11 is 6.91. The predicted octanol–water partition coefficient (Wildman–Crippen LogP) is 3.12. The fraction of sp³-hybridized carbons (Fsp3) is 0.462. The predicted molar refractivity (Wildman–Crippen MR) is 78.2 cm³/mol. The third kappa shape index (κ3) is 3.13. The van der Waals surface area contributed by atoms with Gasteiger partial charge in [-0.05, 0) is 40.9 Å². The number of ether oxygens (including phenoxy) is 1. The van der Waals surface area contributed by atoms with Gasteiger partial charge in [-0.1, -0.05) is 28.1 Å². The second kappa shape index (κ2) is 6.17. The lowest BCUT2D eigenvalue weighted by molar-refractivity contribution is 0.0441. The van der Waals surface area contributed by atoms with Crippen LogP contribution in [0.3, 0.4) is 0 Å². The van der Waals surface area contributed by atoms with Crippen molar-refractivity contribution in [2.75, 3.05) is 18.5 Å². The smallest absolute Gasteiger partial charge is 0.252 e. The SMILES string of the molecule is O=C(NC1(CBr)CCOCC1)c1ccccc1Br. The van der Waals surface area contributed by atoms with Crippen LogP contribution in [0.2, 0.25) is 0 Å². The Morgan fingerprint density at radius 2 is 2.00 bits per heavy atom. The Labute approximate surface area is 124 Å². The van der Waals surface area contributed by atoms with Gasteiger partial charge in [0.1, 0.15) is 0 Å². The number of alkyl halides is 1. The molecule has 1 heterocycles. The maximum atomic E-state index is 12.3. The highest BCUT2D eigenvalue weighted by Crippen LogP contribution is 2.24. The lowest BCUT2D eigenvalue weighted by atomic mass is 9.92. The third-order valence-electron chi connectivity index (χ3n) is 3.20. The van der Waals surface area contributed by atoms with E-state index in [0.717, 1.165) is 22.6 Å². The average molecular weight is 377 g/mol. The van der Waals surface area contributed by atoms with Gasteiger partial charge < -0.3 is 10.1 Å². The van der Waals surface area contributed by atoms with Gasteiger partial charge in [0, 0.05) is 23.0 Å². The topological polar surface area (TPSA) is 38.3 Å². The first-order valence-electron chi connectivity index (χ1n) is 5.88. The molecule has 1 fully saturated rings. The van der Waals surface area contributed by atoms with Crippen LogP contribution in [0.1, 0.15) is 23.2 Å². The van der Waals surface area contributed by atoms with Crippen LogP contribution < -0.4 is 5.32 Å². The monoisotopic (exact) mass is 375 g/mol. The molecule has 2 rings (SSSR count). The molecular weight excluding hydrogens is 362 g/mol. The second-order valence-electron chi connectivity index (χ2n) is 4.46. The molecule has 1 aliphatic rings. The Balaban J connectivity index is 2.13. The molecule has 1 N–H and O–H groups in total. The quantitative estimate of drug-likeness (QED) is 0.823. The number of carbonyl (C=O) groups is 1. The molecule has 1 aliphatic heterocycles. The minimum atomic E-state index is -0.190. The fourth-order valence-corrected chi connectivity index (χ4v) is 3.17. The van der Waals surface area contributed by atoms with Crippen LogP contribution in [0.25, 0.3) is 0 Å². The number of rotatable bonds is 3. The molecule has 0 aliphatic carbocycles. The van der Waals surface area contributed by atoms with Crippen LogP contribution in [0.4, 0.5) is 0 Å². The summed E-state index contributed by atoms with van der Waals surface area (Å²) in [6.07, 6.45) is 1.68. The van der Waals surface area contributed by atoms with Gasteiger partial charge in [0.25, 0.3) is 5.91 Å². The summed E-state index contributed by atoms with van der Waals surface area (Å²) in [5.74, 6) is -0.0381. The second-order valence-corrected chi connectivity index (χ2v) is 5.88. The van der Waals surface area contributed by atoms with E-state index in [1.54, 1.807) is 0 Å². The van der Waals surface area contributed by atoms with Crippen molar-refractivity contribution in [2.24, 2.45) is 0 Å². The molecule has 3 nitrogen and oxygen atoms in total. The summed E-state index contributed by atoms with van der Waals surface area (Å²) in [5, 5.41) is 3.89. The number of amides is 1. The number of nitrogens with one attached hydrogen (secondary N) is 1. The van der Waals surface area contributed by atoms with E-state index < -0.39 is 0 Å². The fourth-order valence-electron chi connectivity index (χ4n) is 2.01. The molecule has 0 atom stereocenters. The largest absolute Gasteiger partial charge is 0.381 e. The van der Waals surface area contributed by atoms with Crippen LogP contribution in [0.5, 0.6) is 0 Å². The lowest BCUT2D eigenvalue weighted by Crippen LogP contribution is -2.53. The molecule has 1 saturated heterocycles. The number of benzene rings is 1. The summed E-state index contributed by atoms with van der Waals surface area (Å²) in [7, 11) is 0. The van der Waals surface area contributed by atoms with Gasteiger partial charge in [0.15, 0.2) is 0 Å². The van der Waals surface area contributed by atoms with E-state index in [-0.39, 0.29) is 11.4 Å². The zero-order valence-corrected chi connectivity index (χ0v) is 13.1. The van der Waals surface area contributed by atoms with Crippen molar-refractivity contribution >= 4 is 37.8 Å². The molecule has 0 bridgehead atoms. The molecule has 0 saturated carbocycles. The standard InChI is InChI=1S/C13H15Br2NO2/c14-9-13(5-7-18-8-6-13)16-12(17)10-3-1-2-4-11(10)15/h1-4H,5-9H2,(H,16,17). The van der Waals surface area contributed by atoms with Gasteiger partial charge >= 0.3 is 0 Å². The normalized spacial score (nSPS) is 18.3. The number of hydrogen-bond acceptors (Lipinski definition) is 2. The van der Waals surface area contributed by atoms with E-state index in [2.05, 4.69) is 37.2 Å². The van der Waals surface area contributed by atoms with Crippen molar-refractivity contribution in [1.29, 1.82) is 0 Å². The molecule has 5 heteroatoms. The van der Waals surface area contributed by atoms with E-state index in [1.165, 1.54) is 0 Å². The first-order valence-corrected chi connectivity index (χ1v) is 7.79. The minimum absolute atomic E-state index is 0.0381. The van der Waals surface area contributed by atoms with Crippen molar-refractivity contribution < 1.29 is 9.53 Å². The molecule has 0 aromatic heterocycles. The Kier molecular flexibility index (Phi) is 4.81. The van der Waals surface area contributed by atoms with Gasteiger partial charge in [-0.3, -0.25) is 4.79 Å². The Hall–Kier alpha value is -0.390. The van der Waals surface area contributed by atoms with Crippen molar-refractivity contribution in [3.05, 3.63) is 34.3 Å². The maximum absolute atomic E-state index is 12.3. The third-order valence-corrected chi connectivity index (χ3v) is 4.97. The molecule has 1 amide bonds. The zero-order chi connectivity index (χ0) is 13.0. The van der Waals surface area contributed by atoms with Crippen molar-refractivity contribution in [1.82, 2.24) is 5.32 Å². The molecular formula is C13H15Br2NO2. The van der Waals surface area contributed by atoms with E-state index in [1.807, 2.05) is 24.3 Å². The molecule has 0 radical (unpaired) electrons. The van der Waals surface area contributed by atoms with E-state index in [0.29, 0.717) is 18.8 Å². The van der Waals surface area contributed by atoms with Crippen LogP contribution in [0.15, 0.2) is 28.7 Å². The minimum Gasteiger partial charge on any atom is -0.381 e. The molecule has 0 spiro atoms. The van der Waals surface area contributed by atoms with Gasteiger partial charge in [-0.2, -0.15) is 0 Å². The zero-order valence-electron chi connectivity index (χ0n) is 9.92. The summed E-state index contributed by atoms with van der Waals surface area (Å²) in [4.78, 5) is 12.3. The first kappa shape index (κ1) is 14.0. The average Bonchev–Trinajstić information content (AvgIpc) is 2.40. The van der Waals surface area contributed by atoms with Crippen molar-refractivity contribution in [2.45, 2.75) is 18.4 Å². The summed E-state index contributed by atoms with van der Waals surface area (Å²) in [6.45, 7) is 1.39. The Morgan fingerprint density at radius 3 is 2.61 bits per heavy atom. The van der Waals surface area contributed by atoms with Gasteiger partial charge in [-0.25, -0.2) is 0 Å². The van der Waals surface area contributed by atoms with Gasteiger partial charge in [0.2, 0.25) is 0 Å². The summed E-state index contributed by atoms with van der Waals surface area (Å²) in [6, 6.07) is 7.46. The highest BCUT2D eigenvalue weighted by atomic mass is 79.9. The molecule has 1 aromatic carbocycles. The summed E-state index contributed by atoms with van der Waals surface area (Å²) in [5.41, 5.74) is 0.481. The first-order chi connectivity index (χ1) is 8.67. The molecule has 1 aromatic rings. The molecule has 98 valence electrons. The highest BCUT2D eigenvalue weighted by Gasteiger charge is 2.33. The van der Waals surface area contributed by atoms with E-state index >= 15 is 0 Å². The molecule has 18 heavy (non-hydrogen) atoms. The van der Waals surface area contributed by atoms with Crippen LogP contribution in [0, 0.1) is 0 Å². The summed E-state index contributed by atoms with van der Waals surface area (Å²) < 4.78 is 6.17. The number of hydrogen-bond donors (Lipinski definition) is 1. The van der Waals surface area contributed by atoms with Crippen LogP contribution in [-0.4, -0.2) is 30.0 Å². The maximum Gasteiger partial charge on any atom is 0.252 e. The van der Waals surface area contributed by atoms with Crippen LogP contribution in [-0.2, 0) is 4.74 Å². The lowest BCUT2D eigenvalue weighted by Gasteiger charge is -2.36. The van der Waals surface area contributed by atoms with Crippen molar-refractivity contribution in [3.8, 4) is 0 Å². The Bertz CT molecular complexity index is 431. The van der Waals surface area contributed by atoms with Crippen molar-refractivity contribution in [3.63, 3.8) is 0 Å². The Morgan fingerprint density at radius 1 is 1.33 bits per heavy atom. The van der Waals surface area contributed by atoms with E-state index in [9.17, 15) is 4.79 Å². The van der Waals surface area contributed by atoms with Crippen LogP contribution >= 0.6 is 31.9 Å².